The first-order valence-corrected chi connectivity index (χ1v) is 6.73. The number of carboxylic acids is 1. The van der Waals surface area contributed by atoms with Gasteiger partial charge in [0.1, 0.15) is 0 Å². The molecule has 0 aliphatic rings. The molecule has 1 aromatic carbocycles. The zero-order valence-corrected chi connectivity index (χ0v) is 11.5. The molecule has 2 aromatic rings. The molecule has 0 saturated heterocycles. The van der Waals surface area contributed by atoms with Gasteiger partial charge in [-0.25, -0.2) is 9.48 Å². The number of carbonyl (C=O) groups is 1. The van der Waals surface area contributed by atoms with Gasteiger partial charge in [-0.15, -0.1) is 0 Å². The number of rotatable bonds is 7. The van der Waals surface area contributed by atoms with Crippen LogP contribution in [0.15, 0.2) is 36.5 Å². The predicted molar refractivity (Wildman–Crippen MR) is 75.5 cm³/mol. The van der Waals surface area contributed by atoms with Crippen molar-refractivity contribution in [1.82, 2.24) is 9.78 Å². The van der Waals surface area contributed by atoms with Crippen LogP contribution in [0.5, 0.6) is 5.75 Å². The van der Waals surface area contributed by atoms with Crippen LogP contribution in [-0.2, 0) is 0 Å². The zero-order chi connectivity index (χ0) is 14.4. The maximum absolute atomic E-state index is 11.2. The van der Waals surface area contributed by atoms with Gasteiger partial charge in [-0.1, -0.05) is 38.0 Å². The van der Waals surface area contributed by atoms with Crippen molar-refractivity contribution in [3.63, 3.8) is 0 Å². The Morgan fingerprint density at radius 1 is 1.30 bits per heavy atom. The number of carboxylic acid groups (broad SMARTS) is 1. The molecule has 0 aliphatic heterocycles. The number of nitrogens with zero attached hydrogens (tertiary/aromatic N) is 2. The molecule has 0 bridgehead atoms. The van der Waals surface area contributed by atoms with E-state index in [0.717, 1.165) is 24.9 Å². The lowest BCUT2D eigenvalue weighted by Gasteiger charge is -2.03. The van der Waals surface area contributed by atoms with Gasteiger partial charge in [-0.2, -0.15) is 5.10 Å². The molecule has 0 radical (unpaired) electrons. The summed E-state index contributed by atoms with van der Waals surface area (Å²) in [6.45, 7) is 2.62. The number of benzene rings is 1. The van der Waals surface area contributed by atoms with E-state index in [0.29, 0.717) is 12.4 Å². The van der Waals surface area contributed by atoms with E-state index in [1.54, 1.807) is 6.20 Å². The first kappa shape index (κ1) is 14.1. The Balaban J connectivity index is 2.18. The fourth-order valence-electron chi connectivity index (χ4n) is 1.86. The molecule has 0 atom stereocenters. The van der Waals surface area contributed by atoms with E-state index in [1.165, 1.54) is 4.68 Å². The molecule has 2 rings (SSSR count). The number of hydrogen-bond acceptors (Lipinski definition) is 3. The van der Waals surface area contributed by atoms with Crippen molar-refractivity contribution in [3.05, 3.63) is 42.2 Å². The summed E-state index contributed by atoms with van der Waals surface area (Å²) in [5, 5.41) is 13.2. The summed E-state index contributed by atoms with van der Waals surface area (Å²) in [5.41, 5.74) is 0.753. The summed E-state index contributed by atoms with van der Waals surface area (Å²) < 4.78 is 7.06. The molecule has 106 valence electrons. The number of aromatic nitrogens is 2. The number of para-hydroxylation sites is 1. The highest BCUT2D eigenvalue weighted by atomic mass is 16.5. The van der Waals surface area contributed by atoms with Crippen LogP contribution in [0.3, 0.4) is 0 Å². The van der Waals surface area contributed by atoms with Crippen LogP contribution in [0.4, 0.5) is 0 Å². The van der Waals surface area contributed by atoms with Gasteiger partial charge in [-0.3, -0.25) is 0 Å². The Morgan fingerprint density at radius 2 is 2.05 bits per heavy atom. The minimum atomic E-state index is -1.08. The van der Waals surface area contributed by atoms with Gasteiger partial charge < -0.3 is 9.84 Å². The Labute approximate surface area is 117 Å². The highest BCUT2D eigenvalue weighted by Crippen LogP contribution is 2.20. The number of unbranched alkanes of at least 4 members (excludes halogenated alkanes) is 2. The van der Waals surface area contributed by atoms with Crippen molar-refractivity contribution in [1.29, 1.82) is 0 Å². The van der Waals surface area contributed by atoms with E-state index >= 15 is 0 Å². The van der Waals surface area contributed by atoms with E-state index in [2.05, 4.69) is 12.0 Å². The molecule has 1 heterocycles. The first-order chi connectivity index (χ1) is 9.72. The minimum absolute atomic E-state index is 0.0506. The van der Waals surface area contributed by atoms with E-state index in [-0.39, 0.29) is 5.69 Å². The highest BCUT2D eigenvalue weighted by Gasteiger charge is 2.17. The molecule has 1 N–H and O–H groups in total. The van der Waals surface area contributed by atoms with Crippen molar-refractivity contribution in [3.8, 4) is 11.4 Å². The van der Waals surface area contributed by atoms with Crippen LogP contribution in [0.25, 0.3) is 5.69 Å². The second kappa shape index (κ2) is 6.75. The Morgan fingerprint density at radius 3 is 2.70 bits per heavy atom. The van der Waals surface area contributed by atoms with Crippen molar-refractivity contribution >= 4 is 5.97 Å². The van der Waals surface area contributed by atoms with Crippen molar-refractivity contribution in [2.45, 2.75) is 26.2 Å². The molecule has 20 heavy (non-hydrogen) atoms. The lowest BCUT2D eigenvalue weighted by Crippen LogP contribution is -2.04. The maximum atomic E-state index is 11.2. The van der Waals surface area contributed by atoms with Crippen LogP contribution in [0.1, 0.15) is 36.7 Å². The number of aromatic carboxylic acids is 1. The van der Waals surface area contributed by atoms with Crippen LogP contribution < -0.4 is 4.74 Å². The highest BCUT2D eigenvalue weighted by molar-refractivity contribution is 5.88. The van der Waals surface area contributed by atoms with E-state index in [1.807, 2.05) is 30.3 Å². The van der Waals surface area contributed by atoms with Crippen molar-refractivity contribution in [2.24, 2.45) is 0 Å². The lowest BCUT2D eigenvalue weighted by atomic mass is 10.3. The Hall–Kier alpha value is -2.30. The van der Waals surface area contributed by atoms with Gasteiger partial charge in [0.2, 0.25) is 5.69 Å². The third-order valence-electron chi connectivity index (χ3n) is 2.91. The van der Waals surface area contributed by atoms with E-state index < -0.39 is 5.97 Å². The molecule has 0 spiro atoms. The Kier molecular flexibility index (Phi) is 4.76. The maximum Gasteiger partial charge on any atom is 0.360 e. The fourth-order valence-corrected chi connectivity index (χ4v) is 1.86. The molecule has 1 aromatic heterocycles. The molecule has 5 heteroatoms. The van der Waals surface area contributed by atoms with Gasteiger partial charge in [-0.05, 0) is 18.6 Å². The summed E-state index contributed by atoms with van der Waals surface area (Å²) >= 11 is 0. The molecule has 0 saturated carbocycles. The summed E-state index contributed by atoms with van der Waals surface area (Å²) in [4.78, 5) is 11.2. The fraction of sp³-hybridized carbons (Fsp3) is 0.333. The summed E-state index contributed by atoms with van der Waals surface area (Å²) in [5.74, 6) is -0.761. The van der Waals surface area contributed by atoms with E-state index in [4.69, 9.17) is 4.74 Å². The molecule has 0 fully saturated rings. The largest absolute Gasteiger partial charge is 0.489 e. The second-order valence-electron chi connectivity index (χ2n) is 4.48. The summed E-state index contributed by atoms with van der Waals surface area (Å²) in [6, 6.07) is 9.37. The molecule has 0 aliphatic carbocycles. The van der Waals surface area contributed by atoms with Gasteiger partial charge in [0.05, 0.1) is 18.5 Å². The zero-order valence-electron chi connectivity index (χ0n) is 11.5. The van der Waals surface area contributed by atoms with Crippen LogP contribution in [0.2, 0.25) is 0 Å². The molecular formula is C15H18N2O3. The van der Waals surface area contributed by atoms with Crippen molar-refractivity contribution in [2.75, 3.05) is 6.61 Å². The quantitative estimate of drug-likeness (QED) is 0.788. The third kappa shape index (κ3) is 3.38. The SMILES string of the molecule is CCCCCOc1cn(-c2ccccc2)nc1C(=O)O. The lowest BCUT2D eigenvalue weighted by molar-refractivity contribution is 0.0685. The van der Waals surface area contributed by atoms with Gasteiger partial charge in [0.15, 0.2) is 5.75 Å². The standard InChI is InChI=1S/C15H18N2O3/c1-2-3-7-10-20-13-11-17(16-14(13)15(18)19)12-8-5-4-6-9-12/h4-6,8-9,11H,2-3,7,10H2,1H3,(H,18,19). The monoisotopic (exact) mass is 274 g/mol. The average molecular weight is 274 g/mol. The predicted octanol–water partition coefficient (Wildman–Crippen LogP) is 3.14. The molecule has 5 nitrogen and oxygen atoms in total. The second-order valence-corrected chi connectivity index (χ2v) is 4.48. The van der Waals surface area contributed by atoms with Gasteiger partial charge in [0, 0.05) is 0 Å². The minimum Gasteiger partial charge on any atom is -0.489 e. The van der Waals surface area contributed by atoms with Crippen LogP contribution >= 0.6 is 0 Å². The Bertz CT molecular complexity index is 564. The number of ether oxygens (including phenoxy) is 1. The summed E-state index contributed by atoms with van der Waals surface area (Å²) in [7, 11) is 0. The topological polar surface area (TPSA) is 64.4 Å². The first-order valence-electron chi connectivity index (χ1n) is 6.73. The average Bonchev–Trinajstić information content (AvgIpc) is 2.89. The van der Waals surface area contributed by atoms with Gasteiger partial charge >= 0.3 is 5.97 Å². The van der Waals surface area contributed by atoms with Crippen molar-refractivity contribution < 1.29 is 14.6 Å². The van der Waals surface area contributed by atoms with Crippen LogP contribution in [0, 0.1) is 0 Å². The normalized spacial score (nSPS) is 10.4. The smallest absolute Gasteiger partial charge is 0.360 e. The molecule has 0 unspecified atom stereocenters. The third-order valence-corrected chi connectivity index (χ3v) is 2.91. The van der Waals surface area contributed by atoms with Crippen LogP contribution in [-0.4, -0.2) is 27.5 Å². The van der Waals surface area contributed by atoms with E-state index in [9.17, 15) is 9.90 Å². The number of hydrogen-bond donors (Lipinski definition) is 1. The summed E-state index contributed by atoms with van der Waals surface area (Å²) in [6.07, 6.45) is 4.68. The van der Waals surface area contributed by atoms with Gasteiger partial charge in [0.25, 0.3) is 0 Å². The molecular weight excluding hydrogens is 256 g/mol. The molecule has 0 amide bonds.